The van der Waals surface area contributed by atoms with Crippen molar-refractivity contribution < 1.29 is 19.4 Å². The number of carboxylic acids is 1. The van der Waals surface area contributed by atoms with Gasteiger partial charge in [-0.1, -0.05) is 18.2 Å². The smallest absolute Gasteiger partial charge is 0.412 e. The van der Waals surface area contributed by atoms with E-state index in [1.54, 1.807) is 39.0 Å². The van der Waals surface area contributed by atoms with Crippen LogP contribution in [-0.2, 0) is 4.74 Å². The number of carboxylic acid groups (broad SMARTS) is 1. The average molecular weight is 419 g/mol. The van der Waals surface area contributed by atoms with Crippen LogP contribution < -0.4 is 10.9 Å². The van der Waals surface area contributed by atoms with E-state index in [9.17, 15) is 19.5 Å². The Kier molecular flexibility index (Phi) is 4.77. The first kappa shape index (κ1) is 20.2. The Balaban J connectivity index is 1.72. The number of carbonyl (C=O) groups is 2. The van der Waals surface area contributed by atoms with Gasteiger partial charge in [-0.2, -0.15) is 0 Å². The molecule has 0 aliphatic rings. The van der Waals surface area contributed by atoms with E-state index in [0.717, 1.165) is 11.1 Å². The molecule has 0 unspecified atom stereocenters. The van der Waals surface area contributed by atoms with Gasteiger partial charge in [-0.25, -0.2) is 9.59 Å². The second kappa shape index (κ2) is 7.32. The molecule has 0 saturated heterocycles. The molecule has 31 heavy (non-hydrogen) atoms. The summed E-state index contributed by atoms with van der Waals surface area (Å²) in [4.78, 5) is 41.3. The van der Waals surface area contributed by atoms with Gasteiger partial charge in [-0.15, -0.1) is 0 Å². The van der Waals surface area contributed by atoms with Gasteiger partial charge in [0.1, 0.15) is 11.1 Å². The number of ether oxygens (including phenoxy) is 1. The Labute approximate surface area is 176 Å². The predicted molar refractivity (Wildman–Crippen MR) is 119 cm³/mol. The van der Waals surface area contributed by atoms with Crippen molar-refractivity contribution in [1.82, 2.24) is 9.97 Å². The fourth-order valence-corrected chi connectivity index (χ4v) is 3.44. The molecule has 0 spiro atoms. The zero-order chi connectivity index (χ0) is 22.3. The molecule has 4 aromatic rings. The molecule has 0 aliphatic carbocycles. The average Bonchev–Trinajstić information content (AvgIpc) is 3.13. The molecule has 2 aromatic carbocycles. The Morgan fingerprint density at radius 1 is 1.03 bits per heavy atom. The highest BCUT2D eigenvalue weighted by Gasteiger charge is 2.18. The summed E-state index contributed by atoms with van der Waals surface area (Å²) >= 11 is 0. The molecular weight excluding hydrogens is 398 g/mol. The van der Waals surface area contributed by atoms with Crippen LogP contribution in [0.2, 0.25) is 0 Å². The van der Waals surface area contributed by atoms with Crippen LogP contribution in [0.4, 0.5) is 10.5 Å². The number of fused-ring (bicyclic) bond motifs is 3. The van der Waals surface area contributed by atoms with Crippen LogP contribution >= 0.6 is 0 Å². The van der Waals surface area contributed by atoms with E-state index < -0.39 is 17.7 Å². The molecule has 8 nitrogen and oxygen atoms in total. The van der Waals surface area contributed by atoms with E-state index in [1.165, 1.54) is 6.20 Å². The van der Waals surface area contributed by atoms with E-state index in [-0.39, 0.29) is 16.6 Å². The molecule has 0 saturated carbocycles. The summed E-state index contributed by atoms with van der Waals surface area (Å²) in [6.45, 7) is 5.37. The number of pyridine rings is 1. The molecule has 0 atom stereocenters. The second-order valence-corrected chi connectivity index (χ2v) is 8.18. The SMILES string of the molecule is CC(C)(C)OC(=O)Nc1ccc(-c2ccc3[nH]c(=O)c4[nH]cc(C(=O)O)c4c3c2)cc1. The Bertz CT molecular complexity index is 1370. The van der Waals surface area contributed by atoms with Crippen LogP contribution in [0.5, 0.6) is 0 Å². The number of anilines is 1. The van der Waals surface area contributed by atoms with Gasteiger partial charge >= 0.3 is 12.1 Å². The first-order chi connectivity index (χ1) is 14.6. The number of hydrogen-bond donors (Lipinski definition) is 4. The molecule has 158 valence electrons. The van der Waals surface area contributed by atoms with Gasteiger partial charge < -0.3 is 19.8 Å². The van der Waals surface area contributed by atoms with Gasteiger partial charge in [0, 0.05) is 28.2 Å². The molecule has 0 fully saturated rings. The number of hydrogen-bond acceptors (Lipinski definition) is 4. The first-order valence-corrected chi connectivity index (χ1v) is 9.63. The maximum Gasteiger partial charge on any atom is 0.412 e. The molecule has 4 rings (SSSR count). The summed E-state index contributed by atoms with van der Waals surface area (Å²) in [5.41, 5.74) is 2.13. The molecule has 0 aliphatic heterocycles. The van der Waals surface area contributed by atoms with Crippen molar-refractivity contribution in [3.63, 3.8) is 0 Å². The fourth-order valence-electron chi connectivity index (χ4n) is 3.44. The number of aromatic nitrogens is 2. The van der Waals surface area contributed by atoms with Crippen LogP contribution in [-0.4, -0.2) is 32.7 Å². The van der Waals surface area contributed by atoms with E-state index in [4.69, 9.17) is 4.74 Å². The first-order valence-electron chi connectivity index (χ1n) is 9.63. The number of nitrogens with one attached hydrogen (secondary N) is 3. The van der Waals surface area contributed by atoms with Crippen LogP contribution in [0.1, 0.15) is 31.1 Å². The van der Waals surface area contributed by atoms with Gasteiger partial charge in [-0.05, 0) is 56.2 Å². The monoisotopic (exact) mass is 419 g/mol. The van der Waals surface area contributed by atoms with E-state index in [2.05, 4.69) is 15.3 Å². The molecule has 4 N–H and O–H groups in total. The molecule has 0 bridgehead atoms. The highest BCUT2D eigenvalue weighted by Crippen LogP contribution is 2.30. The van der Waals surface area contributed by atoms with Crippen LogP contribution in [0.15, 0.2) is 53.5 Å². The molecule has 1 amide bonds. The zero-order valence-electron chi connectivity index (χ0n) is 17.2. The maximum absolute atomic E-state index is 12.3. The summed E-state index contributed by atoms with van der Waals surface area (Å²) in [5, 5.41) is 13.2. The number of benzene rings is 2. The minimum atomic E-state index is -1.11. The number of carbonyl (C=O) groups excluding carboxylic acids is 1. The summed E-state index contributed by atoms with van der Waals surface area (Å²) in [6.07, 6.45) is 0.789. The third kappa shape index (κ3) is 4.00. The number of aromatic carboxylic acids is 1. The van der Waals surface area contributed by atoms with Gasteiger partial charge in [0.15, 0.2) is 0 Å². The largest absolute Gasteiger partial charge is 0.478 e. The van der Waals surface area contributed by atoms with Crippen molar-refractivity contribution in [1.29, 1.82) is 0 Å². The highest BCUT2D eigenvalue weighted by atomic mass is 16.6. The lowest BCUT2D eigenvalue weighted by Gasteiger charge is -2.19. The van der Waals surface area contributed by atoms with Gasteiger partial charge in [-0.3, -0.25) is 10.1 Å². The number of amides is 1. The van der Waals surface area contributed by atoms with Gasteiger partial charge in [0.25, 0.3) is 5.56 Å². The Hall–Kier alpha value is -4.07. The van der Waals surface area contributed by atoms with Crippen molar-refractivity contribution in [2.75, 3.05) is 5.32 Å². The van der Waals surface area contributed by atoms with E-state index in [1.807, 2.05) is 24.3 Å². The maximum atomic E-state index is 12.3. The van der Waals surface area contributed by atoms with Crippen molar-refractivity contribution in [2.45, 2.75) is 26.4 Å². The van der Waals surface area contributed by atoms with Crippen LogP contribution in [0.3, 0.4) is 0 Å². The normalized spacial score (nSPS) is 11.6. The van der Waals surface area contributed by atoms with Crippen LogP contribution in [0.25, 0.3) is 32.9 Å². The minimum Gasteiger partial charge on any atom is -0.478 e. The second-order valence-electron chi connectivity index (χ2n) is 8.18. The minimum absolute atomic E-state index is 0.0418. The standard InChI is InChI=1S/C23H21N3O5/c1-23(2,3)31-22(30)25-14-7-4-12(5-8-14)13-6-9-17-15(10-13)18-16(21(28)29)11-24-19(18)20(27)26-17/h4-11,24H,1-3H3,(H,25,30)(H,26,27)(H,28,29). The summed E-state index contributed by atoms with van der Waals surface area (Å²) < 4.78 is 5.25. The highest BCUT2D eigenvalue weighted by molar-refractivity contribution is 6.15. The zero-order valence-corrected chi connectivity index (χ0v) is 17.2. The Morgan fingerprint density at radius 3 is 2.35 bits per heavy atom. The lowest BCUT2D eigenvalue weighted by Crippen LogP contribution is -2.27. The molecule has 8 heteroatoms. The van der Waals surface area contributed by atoms with E-state index >= 15 is 0 Å². The summed E-state index contributed by atoms with van der Waals surface area (Å²) in [7, 11) is 0. The van der Waals surface area contributed by atoms with Crippen LogP contribution in [0, 0.1) is 0 Å². The van der Waals surface area contributed by atoms with Gasteiger partial charge in [0.2, 0.25) is 0 Å². The quantitative estimate of drug-likeness (QED) is 0.382. The number of aromatic amines is 2. The fraction of sp³-hybridized carbons (Fsp3) is 0.174. The number of rotatable bonds is 3. The molecule has 2 heterocycles. The van der Waals surface area contributed by atoms with E-state index in [0.29, 0.717) is 22.0 Å². The van der Waals surface area contributed by atoms with Crippen molar-refractivity contribution >= 4 is 39.6 Å². The summed E-state index contributed by atoms with van der Waals surface area (Å²) in [5.74, 6) is -1.11. The van der Waals surface area contributed by atoms with Gasteiger partial charge in [0.05, 0.1) is 5.56 Å². The lowest BCUT2D eigenvalue weighted by molar-refractivity contribution is 0.0634. The summed E-state index contributed by atoms with van der Waals surface area (Å²) in [6, 6.07) is 12.6. The third-order valence-corrected chi connectivity index (χ3v) is 4.74. The van der Waals surface area contributed by atoms with Crippen molar-refractivity contribution in [2.24, 2.45) is 0 Å². The Morgan fingerprint density at radius 2 is 1.71 bits per heavy atom. The predicted octanol–water partition coefficient (Wildman–Crippen LogP) is 4.72. The molecule has 2 aromatic heterocycles. The third-order valence-electron chi connectivity index (χ3n) is 4.74. The number of H-pyrrole nitrogens is 2. The van der Waals surface area contributed by atoms with Crippen molar-refractivity contribution in [3.05, 3.63) is 64.6 Å². The molecule has 0 radical (unpaired) electrons. The van der Waals surface area contributed by atoms with Crippen molar-refractivity contribution in [3.8, 4) is 11.1 Å². The lowest BCUT2D eigenvalue weighted by atomic mass is 10.0. The molecular formula is C23H21N3O5. The topological polar surface area (TPSA) is 124 Å².